The van der Waals surface area contributed by atoms with Gasteiger partial charge in [0.15, 0.2) is 0 Å². The van der Waals surface area contributed by atoms with Crippen LogP contribution in [0.4, 0.5) is 18.0 Å². The van der Waals surface area contributed by atoms with Gasteiger partial charge in [0.05, 0.1) is 25.2 Å². The molecule has 5 rings (SSSR count). The van der Waals surface area contributed by atoms with Crippen molar-refractivity contribution in [3.05, 3.63) is 107 Å². The summed E-state index contributed by atoms with van der Waals surface area (Å²) >= 11 is 0. The van der Waals surface area contributed by atoms with Crippen LogP contribution in [0.3, 0.4) is 0 Å². The fraction of sp³-hybridized carbons (Fsp3) is 0.258. The molecule has 0 aliphatic carbocycles. The standard InChI is InChI=1S/C31H28F3N5O3/c1-2-16-37-21-27(40)38-26(39(37)30(42)35-18-22-10-5-3-6-11-22)20-36(29(41)28(38)24-13-7-4-8-14-24)19-23-12-9-15-25(17-23)31(32,33)34/h1,3-15,17,26,28H,16,18-21H2,(H,35,42)/t26-,28-/m0/s1. The summed E-state index contributed by atoms with van der Waals surface area (Å²) in [6.45, 7) is -0.366. The number of rotatable bonds is 6. The molecule has 2 atom stereocenters. The predicted octanol–water partition coefficient (Wildman–Crippen LogP) is 4.02. The molecule has 1 N–H and O–H groups in total. The maximum Gasteiger partial charge on any atom is 0.416 e. The molecule has 0 bridgehead atoms. The van der Waals surface area contributed by atoms with E-state index in [1.807, 2.05) is 30.3 Å². The van der Waals surface area contributed by atoms with E-state index in [1.54, 1.807) is 30.3 Å². The molecule has 0 spiro atoms. The Morgan fingerprint density at radius 2 is 1.62 bits per heavy atom. The van der Waals surface area contributed by atoms with Crippen molar-refractivity contribution < 1.29 is 27.6 Å². The highest BCUT2D eigenvalue weighted by Crippen LogP contribution is 2.36. The molecule has 4 amide bonds. The Morgan fingerprint density at radius 1 is 0.952 bits per heavy atom. The number of fused-ring (bicyclic) bond motifs is 1. The zero-order chi connectivity index (χ0) is 29.9. The molecule has 2 saturated heterocycles. The number of halogens is 3. The van der Waals surface area contributed by atoms with Gasteiger partial charge in [-0.1, -0.05) is 78.7 Å². The van der Waals surface area contributed by atoms with Crippen molar-refractivity contribution in [1.29, 1.82) is 0 Å². The number of piperazine rings is 1. The molecule has 0 aromatic heterocycles. The molecule has 216 valence electrons. The fourth-order valence-corrected chi connectivity index (χ4v) is 5.35. The molecular weight excluding hydrogens is 547 g/mol. The number of alkyl halides is 3. The molecule has 8 nitrogen and oxygen atoms in total. The van der Waals surface area contributed by atoms with Gasteiger partial charge < -0.3 is 15.1 Å². The maximum atomic E-state index is 14.0. The number of carbonyl (C=O) groups excluding carboxylic acids is 3. The van der Waals surface area contributed by atoms with Crippen molar-refractivity contribution in [3.63, 3.8) is 0 Å². The molecule has 3 aromatic carbocycles. The zero-order valence-corrected chi connectivity index (χ0v) is 22.5. The first-order valence-corrected chi connectivity index (χ1v) is 13.3. The van der Waals surface area contributed by atoms with Crippen molar-refractivity contribution in [3.8, 4) is 12.3 Å². The van der Waals surface area contributed by atoms with Gasteiger partial charge in [-0.3, -0.25) is 9.59 Å². The number of hydrazine groups is 1. The third-order valence-electron chi connectivity index (χ3n) is 7.23. The molecule has 11 heteroatoms. The SMILES string of the molecule is C#CCN1CC(=O)N2[C@@H](c3ccccc3)C(=O)N(Cc3cccc(C(F)(F)F)c3)C[C@@H]2N1C(=O)NCc1ccccc1. The van der Waals surface area contributed by atoms with E-state index < -0.39 is 41.8 Å². The lowest BCUT2D eigenvalue weighted by molar-refractivity contribution is -0.190. The van der Waals surface area contributed by atoms with E-state index in [1.165, 1.54) is 32.0 Å². The van der Waals surface area contributed by atoms with Gasteiger partial charge >= 0.3 is 12.2 Å². The average Bonchev–Trinajstić information content (AvgIpc) is 2.98. The molecule has 42 heavy (non-hydrogen) atoms. The summed E-state index contributed by atoms with van der Waals surface area (Å²) in [5, 5.41) is 5.67. The summed E-state index contributed by atoms with van der Waals surface area (Å²) in [7, 11) is 0. The van der Waals surface area contributed by atoms with Crippen molar-refractivity contribution in [2.24, 2.45) is 0 Å². The van der Waals surface area contributed by atoms with Gasteiger partial charge in [0.1, 0.15) is 12.2 Å². The predicted molar refractivity (Wildman–Crippen MR) is 148 cm³/mol. The van der Waals surface area contributed by atoms with Crippen LogP contribution in [0.15, 0.2) is 84.9 Å². The van der Waals surface area contributed by atoms with Crippen molar-refractivity contribution in [2.45, 2.75) is 31.5 Å². The highest BCUT2D eigenvalue weighted by Gasteiger charge is 2.51. The Bertz CT molecular complexity index is 1490. The maximum absolute atomic E-state index is 14.0. The minimum Gasteiger partial charge on any atom is -0.333 e. The third kappa shape index (κ3) is 5.94. The van der Waals surface area contributed by atoms with E-state index in [4.69, 9.17) is 6.42 Å². The fourth-order valence-electron chi connectivity index (χ4n) is 5.35. The Labute approximate surface area is 241 Å². The Balaban J connectivity index is 1.52. The first-order valence-electron chi connectivity index (χ1n) is 13.3. The van der Waals surface area contributed by atoms with E-state index >= 15 is 0 Å². The zero-order valence-electron chi connectivity index (χ0n) is 22.5. The second-order valence-electron chi connectivity index (χ2n) is 10.0. The van der Waals surface area contributed by atoms with E-state index in [2.05, 4.69) is 11.2 Å². The van der Waals surface area contributed by atoms with Gasteiger partial charge in [-0.2, -0.15) is 18.2 Å². The summed E-state index contributed by atoms with van der Waals surface area (Å²) in [5.74, 6) is 1.62. The molecule has 0 saturated carbocycles. The number of amides is 4. The van der Waals surface area contributed by atoms with Crippen LogP contribution >= 0.6 is 0 Å². The van der Waals surface area contributed by atoms with Crippen LogP contribution in [0.25, 0.3) is 0 Å². The van der Waals surface area contributed by atoms with Gasteiger partial charge in [-0.25, -0.2) is 9.80 Å². The second-order valence-corrected chi connectivity index (χ2v) is 10.0. The first-order chi connectivity index (χ1) is 20.2. The summed E-state index contributed by atoms with van der Waals surface area (Å²) in [6, 6.07) is 21.0. The van der Waals surface area contributed by atoms with E-state index in [0.29, 0.717) is 5.56 Å². The molecule has 0 unspecified atom stereocenters. The number of carbonyl (C=O) groups is 3. The van der Waals surface area contributed by atoms with Gasteiger partial charge in [-0.05, 0) is 28.8 Å². The van der Waals surface area contributed by atoms with Crippen LogP contribution in [0, 0.1) is 12.3 Å². The van der Waals surface area contributed by atoms with Crippen molar-refractivity contribution in [2.75, 3.05) is 19.6 Å². The second kappa shape index (κ2) is 12.0. The smallest absolute Gasteiger partial charge is 0.333 e. The van der Waals surface area contributed by atoms with E-state index in [-0.39, 0.29) is 38.3 Å². The van der Waals surface area contributed by atoms with Gasteiger partial charge in [-0.15, -0.1) is 6.42 Å². The number of nitrogens with one attached hydrogen (secondary N) is 1. The molecular formula is C31H28F3N5O3. The summed E-state index contributed by atoms with van der Waals surface area (Å²) in [4.78, 5) is 44.0. The van der Waals surface area contributed by atoms with Crippen LogP contribution in [0.1, 0.15) is 28.3 Å². The van der Waals surface area contributed by atoms with Crippen LogP contribution in [0.5, 0.6) is 0 Å². The first kappa shape index (κ1) is 28.7. The number of nitrogens with zero attached hydrogens (tertiary/aromatic N) is 4. The van der Waals surface area contributed by atoms with Crippen molar-refractivity contribution >= 4 is 17.8 Å². The largest absolute Gasteiger partial charge is 0.416 e. The van der Waals surface area contributed by atoms with Gasteiger partial charge in [0.2, 0.25) is 5.91 Å². The molecule has 2 fully saturated rings. The molecule has 2 aliphatic heterocycles. The minimum atomic E-state index is -4.55. The number of hydrogen-bond donors (Lipinski definition) is 1. The van der Waals surface area contributed by atoms with Crippen LogP contribution < -0.4 is 5.32 Å². The number of terminal acetylenes is 1. The lowest BCUT2D eigenvalue weighted by Gasteiger charge is -2.54. The quantitative estimate of drug-likeness (QED) is 0.451. The van der Waals surface area contributed by atoms with E-state index in [9.17, 15) is 27.6 Å². The molecule has 3 aromatic rings. The number of urea groups is 1. The molecule has 2 heterocycles. The summed E-state index contributed by atoms with van der Waals surface area (Å²) in [5.41, 5.74) is 0.804. The Kier molecular flexibility index (Phi) is 8.17. The van der Waals surface area contributed by atoms with Crippen molar-refractivity contribution in [1.82, 2.24) is 25.1 Å². The topological polar surface area (TPSA) is 76.2 Å². The summed E-state index contributed by atoms with van der Waals surface area (Å²) in [6.07, 6.45) is 0.0684. The highest BCUT2D eigenvalue weighted by atomic mass is 19.4. The van der Waals surface area contributed by atoms with Crippen LogP contribution in [0.2, 0.25) is 0 Å². The Hall–Kier alpha value is -4.82. The lowest BCUT2D eigenvalue weighted by atomic mass is 9.98. The van der Waals surface area contributed by atoms with Gasteiger partial charge in [0, 0.05) is 13.1 Å². The third-order valence-corrected chi connectivity index (χ3v) is 7.23. The minimum absolute atomic E-state index is 0.0492. The Morgan fingerprint density at radius 3 is 2.29 bits per heavy atom. The van der Waals surface area contributed by atoms with Crippen LogP contribution in [-0.4, -0.2) is 63.5 Å². The highest BCUT2D eigenvalue weighted by molar-refractivity contribution is 5.92. The van der Waals surface area contributed by atoms with E-state index in [0.717, 1.165) is 17.7 Å². The monoisotopic (exact) mass is 575 g/mol. The average molecular weight is 576 g/mol. The normalized spacial score (nSPS) is 19.3. The lowest BCUT2D eigenvalue weighted by Crippen LogP contribution is -2.74. The van der Waals surface area contributed by atoms with Gasteiger partial charge in [0.25, 0.3) is 5.91 Å². The summed E-state index contributed by atoms with van der Waals surface area (Å²) < 4.78 is 40.3. The van der Waals surface area contributed by atoms with Crippen LogP contribution in [-0.2, 0) is 28.9 Å². The molecule has 0 radical (unpaired) electrons. The number of hydrogen-bond acceptors (Lipinski definition) is 4. The molecule has 2 aliphatic rings. The number of benzene rings is 3.